The van der Waals surface area contributed by atoms with Crippen molar-refractivity contribution in [1.29, 1.82) is 0 Å². The van der Waals surface area contributed by atoms with Gasteiger partial charge in [-0.25, -0.2) is 0 Å². The Hall–Kier alpha value is -3.28. The number of hydrogen-bond donors (Lipinski definition) is 0. The van der Waals surface area contributed by atoms with Gasteiger partial charge in [0.15, 0.2) is 0 Å². The van der Waals surface area contributed by atoms with Gasteiger partial charge in [0, 0.05) is 50.6 Å². The summed E-state index contributed by atoms with van der Waals surface area (Å²) in [6.45, 7) is 2.25. The van der Waals surface area contributed by atoms with Crippen molar-refractivity contribution in [1.82, 2.24) is 14.4 Å². The highest BCUT2D eigenvalue weighted by atomic mass is 16.5. The van der Waals surface area contributed by atoms with Crippen LogP contribution in [0.25, 0.3) is 10.9 Å². The Morgan fingerprint density at radius 2 is 1.60 bits per heavy atom. The Labute approximate surface area is 176 Å². The smallest absolute Gasteiger partial charge is 0.270 e. The summed E-state index contributed by atoms with van der Waals surface area (Å²) in [6.07, 6.45) is 1.09. The zero-order valence-corrected chi connectivity index (χ0v) is 17.5. The molecule has 0 bridgehead atoms. The molecule has 0 N–H and O–H groups in total. The number of benzene rings is 2. The van der Waals surface area contributed by atoms with Crippen molar-refractivity contribution in [3.63, 3.8) is 0 Å². The number of para-hydroxylation sites is 2. The Morgan fingerprint density at radius 1 is 0.933 bits per heavy atom. The van der Waals surface area contributed by atoms with Crippen LogP contribution in [0.1, 0.15) is 22.5 Å². The van der Waals surface area contributed by atoms with E-state index in [1.807, 2.05) is 76.0 Å². The van der Waals surface area contributed by atoms with E-state index >= 15 is 0 Å². The fourth-order valence-corrected chi connectivity index (χ4v) is 4.12. The minimum absolute atomic E-state index is 0.0230. The van der Waals surface area contributed by atoms with E-state index in [0.717, 1.165) is 22.2 Å². The van der Waals surface area contributed by atoms with E-state index in [9.17, 15) is 9.59 Å². The summed E-state index contributed by atoms with van der Waals surface area (Å²) in [5, 5.41) is 1.06. The number of methoxy groups -OCH3 is 1. The first-order valence-corrected chi connectivity index (χ1v) is 10.3. The number of carbonyl (C=O) groups excluding carboxylic acids is 2. The summed E-state index contributed by atoms with van der Waals surface area (Å²) in [4.78, 5) is 29.4. The predicted molar refractivity (Wildman–Crippen MR) is 117 cm³/mol. The van der Waals surface area contributed by atoms with Gasteiger partial charge in [-0.3, -0.25) is 9.59 Å². The number of aryl methyl sites for hydroxylation is 2. The normalized spacial score (nSPS) is 14.2. The van der Waals surface area contributed by atoms with Crippen molar-refractivity contribution in [2.45, 2.75) is 12.8 Å². The number of piperazine rings is 1. The fraction of sp³-hybridized carbons (Fsp3) is 0.333. The molecule has 1 aliphatic rings. The van der Waals surface area contributed by atoms with Gasteiger partial charge >= 0.3 is 0 Å². The molecule has 2 amide bonds. The molecule has 6 heteroatoms. The lowest BCUT2D eigenvalue weighted by molar-refractivity contribution is -0.132. The number of rotatable bonds is 5. The van der Waals surface area contributed by atoms with E-state index in [2.05, 4.69) is 0 Å². The molecule has 156 valence electrons. The molecule has 30 heavy (non-hydrogen) atoms. The van der Waals surface area contributed by atoms with Crippen molar-refractivity contribution < 1.29 is 14.3 Å². The second-order valence-electron chi connectivity index (χ2n) is 7.63. The van der Waals surface area contributed by atoms with Crippen LogP contribution in [0, 0.1) is 0 Å². The zero-order valence-electron chi connectivity index (χ0n) is 17.5. The van der Waals surface area contributed by atoms with Crippen LogP contribution in [0.3, 0.4) is 0 Å². The van der Waals surface area contributed by atoms with Crippen molar-refractivity contribution in [3.8, 4) is 5.75 Å². The Morgan fingerprint density at radius 3 is 2.33 bits per heavy atom. The van der Waals surface area contributed by atoms with Crippen molar-refractivity contribution in [3.05, 3.63) is 65.9 Å². The van der Waals surface area contributed by atoms with E-state index in [-0.39, 0.29) is 11.8 Å². The van der Waals surface area contributed by atoms with E-state index in [1.165, 1.54) is 0 Å². The van der Waals surface area contributed by atoms with Gasteiger partial charge < -0.3 is 19.1 Å². The first-order valence-electron chi connectivity index (χ1n) is 10.3. The number of amides is 2. The second-order valence-corrected chi connectivity index (χ2v) is 7.63. The van der Waals surface area contributed by atoms with E-state index in [4.69, 9.17) is 4.74 Å². The summed E-state index contributed by atoms with van der Waals surface area (Å²) in [5.41, 5.74) is 2.77. The van der Waals surface area contributed by atoms with Gasteiger partial charge in [0.05, 0.1) is 7.11 Å². The second kappa shape index (κ2) is 8.61. The molecule has 0 unspecified atom stereocenters. The molecule has 0 spiro atoms. The molecule has 0 atom stereocenters. The molecule has 1 aliphatic heterocycles. The number of fused-ring (bicyclic) bond motifs is 1. The van der Waals surface area contributed by atoms with Crippen LogP contribution in [0.2, 0.25) is 0 Å². The molecule has 0 saturated carbocycles. The van der Waals surface area contributed by atoms with Gasteiger partial charge in [0.2, 0.25) is 5.91 Å². The monoisotopic (exact) mass is 405 g/mol. The highest BCUT2D eigenvalue weighted by Gasteiger charge is 2.26. The molecule has 1 fully saturated rings. The molecule has 1 aromatic heterocycles. The maximum absolute atomic E-state index is 13.0. The van der Waals surface area contributed by atoms with Gasteiger partial charge in [-0.05, 0) is 30.2 Å². The van der Waals surface area contributed by atoms with Gasteiger partial charge in [0.25, 0.3) is 5.91 Å². The van der Waals surface area contributed by atoms with Crippen LogP contribution in [-0.4, -0.2) is 59.5 Å². The van der Waals surface area contributed by atoms with Crippen molar-refractivity contribution >= 4 is 22.7 Å². The molecular weight excluding hydrogens is 378 g/mol. The quantitative estimate of drug-likeness (QED) is 0.655. The summed E-state index contributed by atoms with van der Waals surface area (Å²) in [5.74, 6) is 0.961. The van der Waals surface area contributed by atoms with Crippen molar-refractivity contribution in [2.24, 2.45) is 7.05 Å². The largest absolute Gasteiger partial charge is 0.496 e. The molecule has 0 aliphatic carbocycles. The van der Waals surface area contributed by atoms with Crippen LogP contribution in [0.4, 0.5) is 0 Å². The first kappa shape index (κ1) is 20.0. The average Bonchev–Trinajstić information content (AvgIpc) is 3.14. The standard InChI is InChI=1S/C24H27N3O3/c1-25-20-9-5-3-8-19(20)17-21(25)24(29)27-15-13-26(14-16-27)23(28)12-11-18-7-4-6-10-22(18)30-2/h3-10,17H,11-16H2,1-2H3. The molecule has 3 aromatic rings. The average molecular weight is 405 g/mol. The molecule has 1 saturated heterocycles. The third kappa shape index (κ3) is 3.90. The Kier molecular flexibility index (Phi) is 5.74. The lowest BCUT2D eigenvalue weighted by Crippen LogP contribution is -2.50. The van der Waals surface area contributed by atoms with Crippen LogP contribution >= 0.6 is 0 Å². The number of nitrogens with zero attached hydrogens (tertiary/aromatic N) is 3. The molecule has 0 radical (unpaired) electrons. The summed E-state index contributed by atoms with van der Waals surface area (Å²) in [6, 6.07) is 17.7. The topological polar surface area (TPSA) is 54.8 Å². The van der Waals surface area contributed by atoms with Gasteiger partial charge in [-0.1, -0.05) is 36.4 Å². The molecular formula is C24H27N3O3. The van der Waals surface area contributed by atoms with Crippen LogP contribution in [-0.2, 0) is 18.3 Å². The van der Waals surface area contributed by atoms with Crippen molar-refractivity contribution in [2.75, 3.05) is 33.3 Å². The molecule has 6 nitrogen and oxygen atoms in total. The van der Waals surface area contributed by atoms with Crippen LogP contribution in [0.15, 0.2) is 54.6 Å². The predicted octanol–water partition coefficient (Wildman–Crippen LogP) is 3.10. The van der Waals surface area contributed by atoms with E-state index in [0.29, 0.717) is 44.7 Å². The van der Waals surface area contributed by atoms with Crippen LogP contribution in [0.5, 0.6) is 5.75 Å². The highest BCUT2D eigenvalue weighted by molar-refractivity contribution is 5.98. The number of ether oxygens (including phenoxy) is 1. The highest BCUT2D eigenvalue weighted by Crippen LogP contribution is 2.21. The summed E-state index contributed by atoms with van der Waals surface area (Å²) >= 11 is 0. The zero-order chi connectivity index (χ0) is 21.1. The first-order chi connectivity index (χ1) is 14.6. The minimum Gasteiger partial charge on any atom is -0.496 e. The Bertz CT molecular complexity index is 1060. The van der Waals surface area contributed by atoms with Gasteiger partial charge in [0.1, 0.15) is 11.4 Å². The fourth-order valence-electron chi connectivity index (χ4n) is 4.12. The number of carbonyl (C=O) groups is 2. The third-order valence-corrected chi connectivity index (χ3v) is 5.89. The lowest BCUT2D eigenvalue weighted by atomic mass is 10.1. The van der Waals surface area contributed by atoms with E-state index < -0.39 is 0 Å². The van der Waals surface area contributed by atoms with E-state index in [1.54, 1.807) is 7.11 Å². The summed E-state index contributed by atoms with van der Waals surface area (Å²) in [7, 11) is 3.57. The number of hydrogen-bond acceptors (Lipinski definition) is 3. The lowest BCUT2D eigenvalue weighted by Gasteiger charge is -2.35. The van der Waals surface area contributed by atoms with Gasteiger partial charge in [-0.2, -0.15) is 0 Å². The third-order valence-electron chi connectivity index (χ3n) is 5.89. The molecule has 2 aromatic carbocycles. The molecule has 4 rings (SSSR count). The SMILES string of the molecule is COc1ccccc1CCC(=O)N1CCN(C(=O)c2cc3ccccc3n2C)CC1. The number of aromatic nitrogens is 1. The maximum Gasteiger partial charge on any atom is 0.270 e. The van der Waals surface area contributed by atoms with Crippen LogP contribution < -0.4 is 4.74 Å². The molecule has 2 heterocycles. The minimum atomic E-state index is 0.0230. The Balaban J connectivity index is 1.34. The maximum atomic E-state index is 13.0. The van der Waals surface area contributed by atoms with Gasteiger partial charge in [-0.15, -0.1) is 0 Å². The summed E-state index contributed by atoms with van der Waals surface area (Å²) < 4.78 is 7.31.